The fraction of sp³-hybridized carbons (Fsp3) is 0.136. The number of hydrogen-bond donors (Lipinski definition) is 2. The zero-order chi connectivity index (χ0) is 23.3. The van der Waals surface area contributed by atoms with Crippen LogP contribution in [-0.4, -0.2) is 28.4 Å². The molecular formula is C22H20N4O6. The van der Waals surface area contributed by atoms with Gasteiger partial charge in [0.1, 0.15) is 11.3 Å². The van der Waals surface area contributed by atoms with Crippen molar-refractivity contribution in [2.45, 2.75) is 13.5 Å². The van der Waals surface area contributed by atoms with E-state index in [1.165, 1.54) is 55.1 Å². The number of non-ortho nitro benzene ring substituents is 1. The summed E-state index contributed by atoms with van der Waals surface area (Å²) in [7, 11) is 1.43. The van der Waals surface area contributed by atoms with Gasteiger partial charge in [0.2, 0.25) is 5.91 Å². The molecule has 0 saturated heterocycles. The highest BCUT2D eigenvalue weighted by molar-refractivity contribution is 6.05. The van der Waals surface area contributed by atoms with Crippen LogP contribution in [0.1, 0.15) is 22.8 Å². The van der Waals surface area contributed by atoms with Gasteiger partial charge in [0.25, 0.3) is 17.2 Å². The number of anilines is 2. The van der Waals surface area contributed by atoms with Gasteiger partial charge in [-0.15, -0.1) is 0 Å². The number of aromatic nitrogens is 1. The molecule has 2 aromatic carbocycles. The van der Waals surface area contributed by atoms with Gasteiger partial charge in [-0.05, 0) is 35.9 Å². The van der Waals surface area contributed by atoms with Crippen LogP contribution in [0, 0.1) is 10.1 Å². The van der Waals surface area contributed by atoms with Gasteiger partial charge in [-0.3, -0.25) is 24.5 Å². The molecule has 0 aliphatic carbocycles. The van der Waals surface area contributed by atoms with Crippen molar-refractivity contribution in [1.29, 1.82) is 0 Å². The third-order valence-corrected chi connectivity index (χ3v) is 4.51. The Morgan fingerprint density at radius 3 is 2.56 bits per heavy atom. The molecule has 0 fully saturated rings. The Morgan fingerprint density at radius 1 is 1.09 bits per heavy atom. The Balaban J connectivity index is 1.87. The lowest BCUT2D eigenvalue weighted by Gasteiger charge is -2.13. The van der Waals surface area contributed by atoms with E-state index < -0.39 is 16.4 Å². The van der Waals surface area contributed by atoms with Crippen molar-refractivity contribution < 1.29 is 19.2 Å². The number of nitro groups is 1. The highest BCUT2D eigenvalue weighted by Crippen LogP contribution is 2.28. The maximum absolute atomic E-state index is 12.9. The number of carbonyl (C=O) groups is 2. The molecule has 0 radical (unpaired) electrons. The Hall–Kier alpha value is -4.47. The van der Waals surface area contributed by atoms with E-state index in [0.717, 1.165) is 0 Å². The summed E-state index contributed by atoms with van der Waals surface area (Å²) < 4.78 is 6.53. The highest BCUT2D eigenvalue weighted by Gasteiger charge is 2.16. The number of carbonyl (C=O) groups excluding carboxylic acids is 2. The normalized spacial score (nSPS) is 10.3. The minimum absolute atomic E-state index is 0.0585. The molecule has 1 aromatic heterocycles. The van der Waals surface area contributed by atoms with Crippen LogP contribution in [0.5, 0.6) is 5.75 Å². The van der Waals surface area contributed by atoms with Crippen molar-refractivity contribution >= 4 is 28.9 Å². The largest absolute Gasteiger partial charge is 0.495 e. The molecule has 0 saturated carbocycles. The zero-order valence-corrected chi connectivity index (χ0v) is 17.3. The van der Waals surface area contributed by atoms with Crippen molar-refractivity contribution in [2.24, 2.45) is 0 Å². The summed E-state index contributed by atoms with van der Waals surface area (Å²) in [6.45, 7) is 1.42. The van der Waals surface area contributed by atoms with Crippen LogP contribution in [-0.2, 0) is 11.3 Å². The first-order chi connectivity index (χ1) is 15.3. The predicted molar refractivity (Wildman–Crippen MR) is 118 cm³/mol. The van der Waals surface area contributed by atoms with E-state index >= 15 is 0 Å². The third kappa shape index (κ3) is 5.17. The van der Waals surface area contributed by atoms with E-state index in [1.807, 2.05) is 0 Å². The second-order valence-electron chi connectivity index (χ2n) is 6.83. The van der Waals surface area contributed by atoms with E-state index in [0.29, 0.717) is 17.0 Å². The average molecular weight is 436 g/mol. The molecule has 1 heterocycles. The summed E-state index contributed by atoms with van der Waals surface area (Å²) in [5.74, 6) is -0.596. The second kappa shape index (κ2) is 9.56. The van der Waals surface area contributed by atoms with Gasteiger partial charge in [0.15, 0.2) is 0 Å². The number of ether oxygens (including phenoxy) is 1. The fourth-order valence-corrected chi connectivity index (χ4v) is 3.08. The topological polar surface area (TPSA) is 133 Å². The molecule has 0 bridgehead atoms. The number of nitrogens with one attached hydrogen (secondary N) is 2. The summed E-state index contributed by atoms with van der Waals surface area (Å²) in [5.41, 5.74) is 0.500. The van der Waals surface area contributed by atoms with E-state index in [1.54, 1.807) is 24.3 Å². The number of benzene rings is 2. The first kappa shape index (κ1) is 22.2. The molecule has 0 aliphatic rings. The van der Waals surface area contributed by atoms with Gasteiger partial charge >= 0.3 is 0 Å². The predicted octanol–water partition coefficient (Wildman–Crippen LogP) is 3.02. The van der Waals surface area contributed by atoms with Crippen molar-refractivity contribution in [3.8, 4) is 5.75 Å². The molecule has 3 aromatic rings. The lowest BCUT2D eigenvalue weighted by molar-refractivity contribution is -0.384. The zero-order valence-electron chi connectivity index (χ0n) is 17.3. The SMILES string of the molecule is COc1ccc(NC(C)=O)cc1NC(=O)c1cccn(Cc2cccc([N+](=O)[O-])c2)c1=O. The molecule has 0 atom stereocenters. The summed E-state index contributed by atoms with van der Waals surface area (Å²) in [6.07, 6.45) is 1.50. The van der Waals surface area contributed by atoms with Crippen LogP contribution in [0.25, 0.3) is 0 Å². The summed E-state index contributed by atoms with van der Waals surface area (Å²) in [5, 5.41) is 16.2. The van der Waals surface area contributed by atoms with Gasteiger partial charge in [0.05, 0.1) is 24.3 Å². The van der Waals surface area contributed by atoms with Gasteiger partial charge in [-0.1, -0.05) is 12.1 Å². The smallest absolute Gasteiger partial charge is 0.269 e. The monoisotopic (exact) mass is 436 g/mol. The second-order valence-corrected chi connectivity index (χ2v) is 6.83. The maximum Gasteiger partial charge on any atom is 0.269 e. The summed E-state index contributed by atoms with van der Waals surface area (Å²) in [4.78, 5) is 47.5. The van der Waals surface area contributed by atoms with Gasteiger partial charge in [-0.25, -0.2) is 0 Å². The molecule has 2 N–H and O–H groups in total. The highest BCUT2D eigenvalue weighted by atomic mass is 16.6. The van der Waals surface area contributed by atoms with E-state index in [4.69, 9.17) is 4.74 Å². The number of hydrogen-bond acceptors (Lipinski definition) is 6. The Morgan fingerprint density at radius 2 is 1.88 bits per heavy atom. The molecule has 0 spiro atoms. The molecule has 164 valence electrons. The number of methoxy groups -OCH3 is 1. The van der Waals surface area contributed by atoms with Crippen LogP contribution >= 0.6 is 0 Å². The van der Waals surface area contributed by atoms with Crippen molar-refractivity contribution in [2.75, 3.05) is 17.7 Å². The van der Waals surface area contributed by atoms with Crippen LogP contribution in [0.2, 0.25) is 0 Å². The molecule has 3 rings (SSSR count). The Bertz CT molecular complexity index is 1250. The maximum atomic E-state index is 12.9. The van der Waals surface area contributed by atoms with Crippen molar-refractivity contribution in [3.63, 3.8) is 0 Å². The first-order valence-electron chi connectivity index (χ1n) is 9.48. The molecular weight excluding hydrogens is 416 g/mol. The lowest BCUT2D eigenvalue weighted by atomic mass is 10.2. The van der Waals surface area contributed by atoms with Crippen LogP contribution in [0.4, 0.5) is 17.1 Å². The standard InChI is InChI=1S/C22H20N4O6/c1-14(27)23-16-8-9-20(32-2)19(12-16)24-21(28)18-7-4-10-25(22(18)29)13-15-5-3-6-17(11-15)26(30)31/h3-12H,13H2,1-2H3,(H,23,27)(H,24,28). The van der Waals surface area contributed by atoms with E-state index in [-0.39, 0.29) is 29.4 Å². The van der Waals surface area contributed by atoms with E-state index in [9.17, 15) is 24.5 Å². The van der Waals surface area contributed by atoms with Crippen molar-refractivity contribution in [3.05, 3.63) is 92.4 Å². The fourth-order valence-electron chi connectivity index (χ4n) is 3.08. The molecule has 2 amide bonds. The molecule has 10 nitrogen and oxygen atoms in total. The molecule has 10 heteroatoms. The number of nitro benzene ring substituents is 1. The van der Waals surface area contributed by atoms with Crippen LogP contribution < -0.4 is 20.9 Å². The first-order valence-corrected chi connectivity index (χ1v) is 9.48. The minimum Gasteiger partial charge on any atom is -0.495 e. The van der Waals surface area contributed by atoms with Gasteiger partial charge < -0.3 is 19.9 Å². The van der Waals surface area contributed by atoms with Crippen molar-refractivity contribution in [1.82, 2.24) is 4.57 Å². The lowest BCUT2D eigenvalue weighted by Crippen LogP contribution is -2.29. The number of pyridine rings is 1. The quantitative estimate of drug-likeness (QED) is 0.432. The Labute approximate surface area is 182 Å². The molecule has 0 unspecified atom stereocenters. The minimum atomic E-state index is -0.665. The van der Waals surface area contributed by atoms with E-state index in [2.05, 4.69) is 10.6 Å². The average Bonchev–Trinajstić information content (AvgIpc) is 2.75. The molecule has 32 heavy (non-hydrogen) atoms. The van der Waals surface area contributed by atoms with Gasteiger partial charge in [-0.2, -0.15) is 0 Å². The summed E-state index contributed by atoms with van der Waals surface area (Å²) in [6, 6.07) is 13.5. The van der Waals surface area contributed by atoms with Gasteiger partial charge in [0, 0.05) is 30.9 Å². The summed E-state index contributed by atoms with van der Waals surface area (Å²) >= 11 is 0. The number of rotatable bonds is 7. The third-order valence-electron chi connectivity index (χ3n) is 4.51. The number of nitrogens with zero attached hydrogens (tertiary/aromatic N) is 2. The van der Waals surface area contributed by atoms with Crippen LogP contribution in [0.15, 0.2) is 65.6 Å². The number of amides is 2. The molecule has 0 aliphatic heterocycles. The Kier molecular flexibility index (Phi) is 6.64. The van der Waals surface area contributed by atoms with Crippen LogP contribution in [0.3, 0.4) is 0 Å².